The Labute approximate surface area is 207 Å². The molecule has 0 aliphatic heterocycles. The molecule has 1 N–H and O–H groups in total. The van der Waals surface area contributed by atoms with Crippen LogP contribution in [0.2, 0.25) is 5.02 Å². The van der Waals surface area contributed by atoms with E-state index in [1.807, 2.05) is 13.8 Å². The number of amides is 2. The van der Waals surface area contributed by atoms with E-state index in [0.717, 1.165) is 20.6 Å². The van der Waals surface area contributed by atoms with E-state index < -0.39 is 28.7 Å². The van der Waals surface area contributed by atoms with E-state index in [9.17, 15) is 18.0 Å². The summed E-state index contributed by atoms with van der Waals surface area (Å²) in [5, 5.41) is 3.40. The number of halogens is 1. The van der Waals surface area contributed by atoms with E-state index in [-0.39, 0.29) is 18.5 Å². The van der Waals surface area contributed by atoms with Gasteiger partial charge in [0.05, 0.1) is 5.69 Å². The lowest BCUT2D eigenvalue weighted by molar-refractivity contribution is -0.139. The maximum absolute atomic E-state index is 13.6. The fraction of sp³-hybridized carbons (Fsp3) is 0.417. The lowest BCUT2D eigenvalue weighted by atomic mass is 10.1. The van der Waals surface area contributed by atoms with Crippen LogP contribution in [0.15, 0.2) is 54.6 Å². The molecule has 0 saturated heterocycles. The molecule has 2 unspecified atom stereocenters. The van der Waals surface area contributed by atoms with Gasteiger partial charge in [-0.1, -0.05) is 48.9 Å². The molecule has 0 heterocycles. The molecule has 8 nitrogen and oxygen atoms in total. The highest BCUT2D eigenvalue weighted by atomic mass is 35.5. The number of para-hydroxylation sites is 1. The predicted molar refractivity (Wildman–Crippen MR) is 136 cm³/mol. The molecule has 2 amide bonds. The first-order valence-corrected chi connectivity index (χ1v) is 12.8. The van der Waals surface area contributed by atoms with Crippen LogP contribution in [0.25, 0.3) is 0 Å². The van der Waals surface area contributed by atoms with Crippen LogP contribution in [0.3, 0.4) is 0 Å². The second kappa shape index (κ2) is 12.2. The Morgan fingerprint density at radius 3 is 2.24 bits per heavy atom. The highest BCUT2D eigenvalue weighted by molar-refractivity contribution is 7.90. The number of nitrogens with one attached hydrogen (secondary N) is 1. The summed E-state index contributed by atoms with van der Waals surface area (Å²) in [6.07, 6.45) is 0.740. The largest absolute Gasteiger partial charge is 0.352 e. The fourth-order valence-corrected chi connectivity index (χ4v) is 4.46. The van der Waals surface area contributed by atoms with Gasteiger partial charge in [-0.3, -0.25) is 9.59 Å². The summed E-state index contributed by atoms with van der Waals surface area (Å²) < 4.78 is 28.2. The first-order valence-electron chi connectivity index (χ1n) is 11.1. The van der Waals surface area contributed by atoms with Crippen LogP contribution >= 0.6 is 11.6 Å². The van der Waals surface area contributed by atoms with Crippen LogP contribution in [0, 0.1) is 0 Å². The quantitative estimate of drug-likeness (QED) is 0.504. The van der Waals surface area contributed by atoms with Crippen molar-refractivity contribution in [2.45, 2.75) is 45.8 Å². The summed E-state index contributed by atoms with van der Waals surface area (Å²) in [4.78, 5) is 27.9. The smallest absolute Gasteiger partial charge is 0.304 e. The molecule has 0 spiro atoms. The first-order chi connectivity index (χ1) is 16.0. The van der Waals surface area contributed by atoms with Crippen LogP contribution in [0.1, 0.15) is 32.8 Å². The molecule has 0 aromatic heterocycles. The van der Waals surface area contributed by atoms with Gasteiger partial charge in [-0.25, -0.2) is 4.31 Å². The van der Waals surface area contributed by atoms with Gasteiger partial charge in [0.1, 0.15) is 12.6 Å². The lowest BCUT2D eigenvalue weighted by Gasteiger charge is -2.33. The van der Waals surface area contributed by atoms with Gasteiger partial charge in [0.15, 0.2) is 0 Å². The van der Waals surface area contributed by atoms with Gasteiger partial charge in [0.2, 0.25) is 11.8 Å². The summed E-state index contributed by atoms with van der Waals surface area (Å²) in [5.74, 6) is -0.826. The number of nitrogens with zero attached hydrogens (tertiary/aromatic N) is 3. The van der Waals surface area contributed by atoms with Crippen LogP contribution in [-0.2, 0) is 26.3 Å². The standard InChI is InChI=1S/C24H33ClN4O4S/c1-6-18(2)26-24(31)19(3)28(16-20-11-10-12-21(25)15-20)23(30)17-29(34(32,33)27(4)5)22-13-8-7-9-14-22/h7-15,18-19H,6,16-17H2,1-5H3,(H,26,31). The minimum atomic E-state index is -3.97. The highest BCUT2D eigenvalue weighted by Gasteiger charge is 2.32. The van der Waals surface area contributed by atoms with Gasteiger partial charge in [-0.05, 0) is 50.1 Å². The molecular formula is C24H33ClN4O4S. The minimum absolute atomic E-state index is 0.0620. The van der Waals surface area contributed by atoms with E-state index in [1.54, 1.807) is 61.5 Å². The molecule has 0 bridgehead atoms. The van der Waals surface area contributed by atoms with E-state index in [4.69, 9.17) is 11.6 Å². The second-order valence-electron chi connectivity index (χ2n) is 8.28. The average molecular weight is 509 g/mol. The second-order valence-corrected chi connectivity index (χ2v) is 10.8. The topological polar surface area (TPSA) is 90.0 Å². The molecule has 10 heteroatoms. The van der Waals surface area contributed by atoms with Gasteiger partial charge in [-0.2, -0.15) is 12.7 Å². The summed E-state index contributed by atoms with van der Waals surface area (Å²) in [7, 11) is -1.16. The van der Waals surface area contributed by atoms with Crippen molar-refractivity contribution < 1.29 is 18.0 Å². The van der Waals surface area contributed by atoms with Gasteiger partial charge >= 0.3 is 10.2 Å². The number of carbonyl (C=O) groups is 2. The number of hydrogen-bond acceptors (Lipinski definition) is 4. The number of rotatable bonds is 11. The number of anilines is 1. The zero-order valence-corrected chi connectivity index (χ0v) is 21.8. The first kappa shape index (κ1) is 27.6. The van der Waals surface area contributed by atoms with E-state index in [2.05, 4.69) is 5.32 Å². The van der Waals surface area contributed by atoms with Crippen molar-refractivity contribution in [2.24, 2.45) is 0 Å². The summed E-state index contributed by atoms with van der Waals surface area (Å²) in [5.41, 5.74) is 1.08. The maximum Gasteiger partial charge on any atom is 0.304 e. The van der Waals surface area contributed by atoms with Gasteiger partial charge in [0, 0.05) is 31.7 Å². The molecule has 34 heavy (non-hydrogen) atoms. The highest BCUT2D eigenvalue weighted by Crippen LogP contribution is 2.21. The maximum atomic E-state index is 13.6. The third-order valence-corrected chi connectivity index (χ3v) is 7.53. The van der Waals surface area contributed by atoms with Gasteiger partial charge < -0.3 is 10.2 Å². The van der Waals surface area contributed by atoms with Crippen molar-refractivity contribution in [3.05, 3.63) is 65.2 Å². The van der Waals surface area contributed by atoms with Crippen molar-refractivity contribution in [1.29, 1.82) is 0 Å². The molecule has 0 aliphatic rings. The third-order valence-electron chi connectivity index (χ3n) is 5.47. The molecule has 2 aromatic carbocycles. The number of hydrogen-bond donors (Lipinski definition) is 1. The van der Waals surface area contributed by atoms with E-state index >= 15 is 0 Å². The van der Waals surface area contributed by atoms with Gasteiger partial charge in [0.25, 0.3) is 0 Å². The van der Waals surface area contributed by atoms with E-state index in [1.165, 1.54) is 19.0 Å². The fourth-order valence-electron chi connectivity index (χ4n) is 3.19. The van der Waals surface area contributed by atoms with Crippen molar-refractivity contribution in [3.63, 3.8) is 0 Å². The van der Waals surface area contributed by atoms with Crippen LogP contribution in [0.5, 0.6) is 0 Å². The minimum Gasteiger partial charge on any atom is -0.352 e. The molecule has 0 radical (unpaired) electrons. The SMILES string of the molecule is CCC(C)NC(=O)C(C)N(Cc1cccc(Cl)c1)C(=O)CN(c1ccccc1)S(=O)(=O)N(C)C. The Bertz CT molecular complexity index is 1080. The van der Waals surface area contributed by atoms with Crippen LogP contribution < -0.4 is 9.62 Å². The summed E-state index contributed by atoms with van der Waals surface area (Å²) >= 11 is 6.12. The van der Waals surface area contributed by atoms with Gasteiger partial charge in [-0.15, -0.1) is 0 Å². The normalized spacial score (nSPS) is 13.3. The van der Waals surface area contributed by atoms with Crippen molar-refractivity contribution >= 4 is 39.3 Å². The molecule has 2 atom stereocenters. The third kappa shape index (κ3) is 7.19. The lowest BCUT2D eigenvalue weighted by Crippen LogP contribution is -2.53. The Balaban J connectivity index is 2.42. The Morgan fingerprint density at radius 2 is 1.68 bits per heavy atom. The molecule has 2 aromatic rings. The number of benzene rings is 2. The Morgan fingerprint density at radius 1 is 1.03 bits per heavy atom. The van der Waals surface area contributed by atoms with Crippen molar-refractivity contribution in [3.8, 4) is 0 Å². The van der Waals surface area contributed by atoms with Crippen molar-refractivity contribution in [2.75, 3.05) is 24.9 Å². The molecule has 2 rings (SSSR count). The molecule has 0 saturated carbocycles. The Kier molecular flexibility index (Phi) is 9.90. The Hall–Kier alpha value is -2.62. The zero-order valence-electron chi connectivity index (χ0n) is 20.2. The monoisotopic (exact) mass is 508 g/mol. The molecule has 0 fully saturated rings. The number of carbonyl (C=O) groups excluding carboxylic acids is 2. The van der Waals surface area contributed by atoms with E-state index in [0.29, 0.717) is 10.7 Å². The summed E-state index contributed by atoms with van der Waals surface area (Å²) in [6.45, 7) is 5.10. The molecular weight excluding hydrogens is 476 g/mol. The predicted octanol–water partition coefficient (Wildman–Crippen LogP) is 3.28. The van der Waals surface area contributed by atoms with Crippen molar-refractivity contribution in [1.82, 2.24) is 14.5 Å². The zero-order chi connectivity index (χ0) is 25.5. The van der Waals surface area contributed by atoms with Crippen LogP contribution in [0.4, 0.5) is 5.69 Å². The molecule has 186 valence electrons. The molecule has 0 aliphatic carbocycles. The summed E-state index contributed by atoms with van der Waals surface area (Å²) in [6, 6.07) is 14.5. The van der Waals surface area contributed by atoms with Crippen LogP contribution in [-0.4, -0.2) is 62.2 Å². The average Bonchev–Trinajstić information content (AvgIpc) is 2.80.